The molecule has 2 nitrogen and oxygen atoms in total. The first-order valence-electron chi connectivity index (χ1n) is 3.74. The molecule has 0 unspecified atom stereocenters. The minimum atomic E-state index is -0.318. The van der Waals surface area contributed by atoms with E-state index in [1.54, 1.807) is 0 Å². The molecule has 0 aromatic carbocycles. The normalized spacial score (nSPS) is 16.2. The topological polar surface area (TPSA) is 22.1 Å². The Labute approximate surface area is 83.3 Å². The lowest BCUT2D eigenvalue weighted by Crippen LogP contribution is -2.01. The number of ether oxygens (including phenoxy) is 1. The van der Waals surface area contributed by atoms with Gasteiger partial charge in [0.05, 0.1) is 6.10 Å². The molecule has 0 N–H and O–H groups in total. The highest BCUT2D eigenvalue weighted by atomic mass is 127. The van der Waals surface area contributed by atoms with Crippen LogP contribution in [0.15, 0.2) is 12.3 Å². The number of pyridine rings is 1. The predicted molar refractivity (Wildman–Crippen MR) is 50.6 cm³/mol. The van der Waals surface area contributed by atoms with E-state index < -0.39 is 0 Å². The highest BCUT2D eigenvalue weighted by Crippen LogP contribution is 2.30. The second kappa shape index (κ2) is 3.16. The lowest BCUT2D eigenvalue weighted by Gasteiger charge is -2.05. The Kier molecular flexibility index (Phi) is 2.16. The molecule has 12 heavy (non-hydrogen) atoms. The molecule has 1 aliphatic rings. The summed E-state index contributed by atoms with van der Waals surface area (Å²) < 4.78 is 19.0. The summed E-state index contributed by atoms with van der Waals surface area (Å²) in [5.41, 5.74) is 0. The molecule has 1 saturated carbocycles. The van der Waals surface area contributed by atoms with Crippen molar-refractivity contribution in [1.82, 2.24) is 4.98 Å². The zero-order valence-electron chi connectivity index (χ0n) is 6.26. The van der Waals surface area contributed by atoms with Crippen LogP contribution < -0.4 is 4.74 Å². The van der Waals surface area contributed by atoms with E-state index in [2.05, 4.69) is 4.98 Å². The van der Waals surface area contributed by atoms with E-state index in [1.165, 1.54) is 12.3 Å². The van der Waals surface area contributed by atoms with Gasteiger partial charge in [-0.1, -0.05) is 0 Å². The Morgan fingerprint density at radius 1 is 1.58 bits per heavy atom. The van der Waals surface area contributed by atoms with Gasteiger partial charge in [-0.3, -0.25) is 0 Å². The number of nitrogens with zero attached hydrogens (tertiary/aromatic N) is 1. The molecule has 64 valence electrons. The molecular weight excluding hydrogens is 272 g/mol. The van der Waals surface area contributed by atoms with Crippen LogP contribution in [-0.4, -0.2) is 11.1 Å². The lowest BCUT2D eigenvalue weighted by atomic mass is 10.4. The largest absolute Gasteiger partial charge is 0.485 e. The molecule has 2 rings (SSSR count). The third kappa shape index (κ3) is 1.68. The van der Waals surface area contributed by atoms with Crippen LogP contribution in [0.3, 0.4) is 0 Å². The quantitative estimate of drug-likeness (QED) is 0.612. The van der Waals surface area contributed by atoms with Crippen molar-refractivity contribution < 1.29 is 9.13 Å². The minimum absolute atomic E-state index is 0.220. The van der Waals surface area contributed by atoms with Crippen molar-refractivity contribution >= 4 is 22.6 Å². The first-order chi connectivity index (χ1) is 5.77. The van der Waals surface area contributed by atoms with Gasteiger partial charge in [0, 0.05) is 6.20 Å². The molecule has 1 aromatic heterocycles. The third-order valence-electron chi connectivity index (χ3n) is 1.62. The molecule has 0 aliphatic heterocycles. The Balaban J connectivity index is 2.26. The van der Waals surface area contributed by atoms with Crippen molar-refractivity contribution in [2.75, 3.05) is 0 Å². The number of halogens is 2. The Hall–Kier alpha value is -0.390. The van der Waals surface area contributed by atoms with Gasteiger partial charge >= 0.3 is 0 Å². The van der Waals surface area contributed by atoms with Gasteiger partial charge in [-0.25, -0.2) is 9.37 Å². The van der Waals surface area contributed by atoms with Crippen LogP contribution in [0.1, 0.15) is 12.8 Å². The molecule has 0 radical (unpaired) electrons. The van der Waals surface area contributed by atoms with E-state index in [9.17, 15) is 4.39 Å². The van der Waals surface area contributed by atoms with Crippen molar-refractivity contribution in [1.29, 1.82) is 0 Å². The molecule has 4 heteroatoms. The zero-order chi connectivity index (χ0) is 8.55. The van der Waals surface area contributed by atoms with Crippen molar-refractivity contribution in [3.05, 3.63) is 21.8 Å². The van der Waals surface area contributed by atoms with Gasteiger partial charge in [-0.15, -0.1) is 0 Å². The summed E-state index contributed by atoms with van der Waals surface area (Å²) in [5.74, 6) is -0.0121. The van der Waals surface area contributed by atoms with Crippen LogP contribution >= 0.6 is 22.6 Å². The fraction of sp³-hybridized carbons (Fsp3) is 0.375. The smallest absolute Gasteiger partial charge is 0.187 e. The van der Waals surface area contributed by atoms with Crippen LogP contribution in [0.25, 0.3) is 0 Å². The molecule has 0 amide bonds. The zero-order valence-corrected chi connectivity index (χ0v) is 8.42. The molecule has 0 saturated heterocycles. The summed E-state index contributed by atoms with van der Waals surface area (Å²) in [7, 11) is 0. The summed E-state index contributed by atoms with van der Waals surface area (Å²) in [5, 5.41) is 0. The Morgan fingerprint density at radius 3 is 2.92 bits per heavy atom. The number of aromatic nitrogens is 1. The maximum Gasteiger partial charge on any atom is 0.187 e. The van der Waals surface area contributed by atoms with E-state index in [1.807, 2.05) is 22.6 Å². The molecule has 1 fully saturated rings. The van der Waals surface area contributed by atoms with E-state index in [-0.39, 0.29) is 11.9 Å². The SMILES string of the molecule is Fc1ccnc(I)c1OC1CC1. The number of hydrogen-bond acceptors (Lipinski definition) is 2. The standard InChI is InChI=1S/C8H7FINO/c9-6-3-4-11-8(10)7(6)12-5-1-2-5/h3-5H,1-2H2. The first kappa shape index (κ1) is 8.22. The van der Waals surface area contributed by atoms with Gasteiger partial charge in [0.2, 0.25) is 0 Å². The van der Waals surface area contributed by atoms with Crippen molar-refractivity contribution in [2.45, 2.75) is 18.9 Å². The monoisotopic (exact) mass is 279 g/mol. The van der Waals surface area contributed by atoms with Crippen LogP contribution in [0, 0.1) is 9.52 Å². The lowest BCUT2D eigenvalue weighted by molar-refractivity contribution is 0.283. The fourth-order valence-electron chi connectivity index (χ4n) is 0.858. The van der Waals surface area contributed by atoms with Crippen molar-refractivity contribution in [3.63, 3.8) is 0 Å². The summed E-state index contributed by atoms with van der Waals surface area (Å²) in [6, 6.07) is 1.32. The molecule has 1 aromatic rings. The first-order valence-corrected chi connectivity index (χ1v) is 4.82. The number of rotatable bonds is 2. The summed E-state index contributed by atoms with van der Waals surface area (Å²) in [6.45, 7) is 0. The summed E-state index contributed by atoms with van der Waals surface area (Å²) in [4.78, 5) is 3.94. The van der Waals surface area contributed by atoms with Crippen molar-refractivity contribution in [3.8, 4) is 5.75 Å². The van der Waals surface area contributed by atoms with Crippen LogP contribution in [0.2, 0.25) is 0 Å². The maximum absolute atomic E-state index is 13.1. The number of hydrogen-bond donors (Lipinski definition) is 0. The highest BCUT2D eigenvalue weighted by molar-refractivity contribution is 14.1. The van der Waals surface area contributed by atoms with Gasteiger partial charge in [0.15, 0.2) is 11.6 Å². The average molecular weight is 279 g/mol. The Morgan fingerprint density at radius 2 is 2.33 bits per heavy atom. The second-order valence-electron chi connectivity index (χ2n) is 2.73. The maximum atomic E-state index is 13.1. The van der Waals surface area contributed by atoms with Gasteiger partial charge in [-0.05, 0) is 41.5 Å². The Bertz CT molecular complexity index is 281. The molecule has 1 aliphatic carbocycles. The van der Waals surface area contributed by atoms with E-state index in [0.717, 1.165) is 12.8 Å². The summed E-state index contributed by atoms with van der Waals surface area (Å²) in [6.07, 6.45) is 3.73. The van der Waals surface area contributed by atoms with Gasteiger partial charge in [0.1, 0.15) is 3.70 Å². The van der Waals surface area contributed by atoms with E-state index >= 15 is 0 Å². The van der Waals surface area contributed by atoms with E-state index in [4.69, 9.17) is 4.74 Å². The summed E-state index contributed by atoms with van der Waals surface area (Å²) >= 11 is 1.97. The molecule has 1 heterocycles. The molecule has 0 atom stereocenters. The van der Waals surface area contributed by atoms with Crippen molar-refractivity contribution in [2.24, 2.45) is 0 Å². The van der Waals surface area contributed by atoms with Crippen LogP contribution in [0.4, 0.5) is 4.39 Å². The van der Waals surface area contributed by atoms with Gasteiger partial charge in [0.25, 0.3) is 0 Å². The van der Waals surface area contributed by atoms with Gasteiger partial charge < -0.3 is 4.74 Å². The van der Waals surface area contributed by atoms with Crippen LogP contribution in [-0.2, 0) is 0 Å². The molecular formula is C8H7FINO. The predicted octanol–water partition coefficient (Wildman–Crippen LogP) is 2.37. The molecule has 0 spiro atoms. The molecule has 0 bridgehead atoms. The van der Waals surface area contributed by atoms with Crippen LogP contribution in [0.5, 0.6) is 5.75 Å². The van der Waals surface area contributed by atoms with E-state index in [0.29, 0.717) is 9.45 Å². The van der Waals surface area contributed by atoms with Gasteiger partial charge in [-0.2, -0.15) is 0 Å². The third-order valence-corrected chi connectivity index (χ3v) is 2.39. The second-order valence-corrected chi connectivity index (χ2v) is 3.75. The minimum Gasteiger partial charge on any atom is -0.485 e. The highest BCUT2D eigenvalue weighted by Gasteiger charge is 2.26. The average Bonchev–Trinajstić information content (AvgIpc) is 2.80. The fourth-order valence-corrected chi connectivity index (χ4v) is 1.40.